The molecule has 22 heavy (non-hydrogen) atoms. The average Bonchev–Trinajstić information content (AvgIpc) is 2.96. The monoisotopic (exact) mass is 338 g/mol. The van der Waals surface area contributed by atoms with E-state index in [0.717, 1.165) is 26.4 Å². The molecule has 7 heteroatoms. The number of carbonyl (C=O) groups is 3. The van der Waals surface area contributed by atoms with Crippen LogP contribution in [0.25, 0.3) is 6.08 Å². The summed E-state index contributed by atoms with van der Waals surface area (Å²) in [6, 6.07) is 3.86. The molecule has 2 heterocycles. The fourth-order valence-corrected chi connectivity index (χ4v) is 3.54. The van der Waals surface area contributed by atoms with Gasteiger partial charge in [-0.05, 0) is 42.8 Å². The number of imide groups is 1. The Labute approximate surface area is 137 Å². The second kappa shape index (κ2) is 7.11. The number of rotatable bonds is 5. The third-order valence-corrected chi connectivity index (χ3v) is 4.77. The van der Waals surface area contributed by atoms with E-state index >= 15 is 0 Å². The van der Waals surface area contributed by atoms with Crippen molar-refractivity contribution in [2.75, 3.05) is 13.1 Å². The van der Waals surface area contributed by atoms with Crippen molar-refractivity contribution in [3.63, 3.8) is 0 Å². The van der Waals surface area contributed by atoms with Crippen molar-refractivity contribution in [1.29, 1.82) is 0 Å². The fourth-order valence-electron chi connectivity index (χ4n) is 1.81. The molecule has 1 saturated heterocycles. The Hall–Kier alpha value is -1.60. The minimum Gasteiger partial charge on any atom is -0.354 e. The molecule has 0 aliphatic carbocycles. The van der Waals surface area contributed by atoms with Crippen LogP contribution in [0.1, 0.15) is 23.6 Å². The second-order valence-electron chi connectivity index (χ2n) is 5.41. The Morgan fingerprint density at radius 1 is 1.36 bits per heavy atom. The molecule has 0 atom stereocenters. The fraction of sp³-hybridized carbons (Fsp3) is 0.400. The zero-order chi connectivity index (χ0) is 16.3. The van der Waals surface area contributed by atoms with Crippen LogP contribution < -0.4 is 5.32 Å². The van der Waals surface area contributed by atoms with Crippen LogP contribution in [0.5, 0.6) is 0 Å². The molecule has 1 N–H and O–H groups in total. The van der Waals surface area contributed by atoms with Gasteiger partial charge in [0.15, 0.2) is 0 Å². The Kier molecular flexibility index (Phi) is 5.42. The van der Waals surface area contributed by atoms with Gasteiger partial charge in [0.05, 0.1) is 4.91 Å². The molecule has 1 aliphatic rings. The number of thioether (sulfide) groups is 1. The molecule has 1 aliphatic heterocycles. The standard InChI is InChI=1S/C15H18N2O3S2/c1-9(2)7-16-13(18)8-17-14(19)12(22-15(17)20)6-11-5-4-10(3)21-11/h4-6,9H,7-8H2,1-3H3,(H,16,18)/b12-6-. The molecule has 3 amide bonds. The van der Waals surface area contributed by atoms with Crippen LogP contribution in [0.4, 0.5) is 4.79 Å². The summed E-state index contributed by atoms with van der Waals surface area (Å²) in [4.78, 5) is 39.4. The van der Waals surface area contributed by atoms with Gasteiger partial charge < -0.3 is 5.32 Å². The SMILES string of the molecule is Cc1ccc(/C=C2\SC(=O)N(CC(=O)NCC(C)C)C2=O)s1. The van der Waals surface area contributed by atoms with E-state index in [4.69, 9.17) is 0 Å². The summed E-state index contributed by atoms with van der Waals surface area (Å²) >= 11 is 2.43. The van der Waals surface area contributed by atoms with Gasteiger partial charge in [0.2, 0.25) is 5.91 Å². The van der Waals surface area contributed by atoms with Crippen molar-refractivity contribution in [1.82, 2.24) is 10.2 Å². The van der Waals surface area contributed by atoms with Gasteiger partial charge >= 0.3 is 0 Å². The molecule has 0 radical (unpaired) electrons. The largest absolute Gasteiger partial charge is 0.354 e. The lowest BCUT2D eigenvalue weighted by Gasteiger charge is -2.13. The van der Waals surface area contributed by atoms with E-state index in [-0.39, 0.29) is 12.5 Å². The lowest BCUT2D eigenvalue weighted by molar-refractivity contribution is -0.129. The van der Waals surface area contributed by atoms with E-state index in [1.807, 2.05) is 32.9 Å². The highest BCUT2D eigenvalue weighted by Gasteiger charge is 2.36. The van der Waals surface area contributed by atoms with Crippen molar-refractivity contribution in [3.05, 3.63) is 26.8 Å². The van der Waals surface area contributed by atoms with Crippen LogP contribution in [0.3, 0.4) is 0 Å². The molecule has 0 unspecified atom stereocenters. The first-order valence-electron chi connectivity index (χ1n) is 6.95. The number of amides is 3. The first-order chi connectivity index (χ1) is 10.4. The molecular formula is C15H18N2O3S2. The van der Waals surface area contributed by atoms with Gasteiger partial charge in [-0.15, -0.1) is 11.3 Å². The average molecular weight is 338 g/mol. The van der Waals surface area contributed by atoms with Gasteiger partial charge in [0.1, 0.15) is 6.54 Å². The Balaban J connectivity index is 2.02. The maximum absolute atomic E-state index is 12.2. The van der Waals surface area contributed by atoms with Crippen LogP contribution in [-0.2, 0) is 9.59 Å². The molecule has 0 aromatic carbocycles. The molecule has 1 fully saturated rings. The number of hydrogen-bond donors (Lipinski definition) is 1. The molecular weight excluding hydrogens is 320 g/mol. The highest BCUT2D eigenvalue weighted by molar-refractivity contribution is 8.18. The van der Waals surface area contributed by atoms with Gasteiger partial charge in [-0.2, -0.15) is 0 Å². The summed E-state index contributed by atoms with van der Waals surface area (Å²) in [6.45, 7) is 6.24. The van der Waals surface area contributed by atoms with Gasteiger partial charge in [-0.25, -0.2) is 0 Å². The maximum Gasteiger partial charge on any atom is 0.294 e. The summed E-state index contributed by atoms with van der Waals surface area (Å²) in [5.41, 5.74) is 0. The van der Waals surface area contributed by atoms with Crippen LogP contribution in [-0.4, -0.2) is 35.0 Å². The van der Waals surface area contributed by atoms with E-state index in [9.17, 15) is 14.4 Å². The Bertz CT molecular complexity index is 634. The molecule has 0 spiro atoms. The zero-order valence-corrected chi connectivity index (χ0v) is 14.3. The van der Waals surface area contributed by atoms with E-state index in [2.05, 4.69) is 5.32 Å². The summed E-state index contributed by atoms with van der Waals surface area (Å²) in [5.74, 6) is -0.397. The van der Waals surface area contributed by atoms with Gasteiger partial charge in [0.25, 0.3) is 11.1 Å². The number of nitrogens with one attached hydrogen (secondary N) is 1. The predicted molar refractivity (Wildman–Crippen MR) is 89.6 cm³/mol. The minimum atomic E-state index is -0.402. The summed E-state index contributed by atoms with van der Waals surface area (Å²) in [7, 11) is 0. The van der Waals surface area contributed by atoms with Crippen LogP contribution in [0.15, 0.2) is 17.0 Å². The summed E-state index contributed by atoms with van der Waals surface area (Å²) in [6.07, 6.45) is 1.70. The molecule has 2 rings (SSSR count). The lowest BCUT2D eigenvalue weighted by Crippen LogP contribution is -2.40. The summed E-state index contributed by atoms with van der Waals surface area (Å²) in [5, 5.41) is 2.31. The van der Waals surface area contributed by atoms with Gasteiger partial charge in [0, 0.05) is 16.3 Å². The van der Waals surface area contributed by atoms with Crippen molar-refractivity contribution in [2.45, 2.75) is 20.8 Å². The Morgan fingerprint density at radius 2 is 2.09 bits per heavy atom. The number of nitrogens with zero attached hydrogens (tertiary/aromatic N) is 1. The first-order valence-corrected chi connectivity index (χ1v) is 8.58. The summed E-state index contributed by atoms with van der Waals surface area (Å²) < 4.78 is 0. The van der Waals surface area contributed by atoms with E-state index in [0.29, 0.717) is 17.4 Å². The Morgan fingerprint density at radius 3 is 2.68 bits per heavy atom. The molecule has 5 nitrogen and oxygen atoms in total. The second-order valence-corrected chi connectivity index (χ2v) is 7.73. The number of carbonyl (C=O) groups excluding carboxylic acids is 3. The highest BCUT2D eigenvalue weighted by atomic mass is 32.2. The molecule has 0 saturated carbocycles. The van der Waals surface area contributed by atoms with Crippen molar-refractivity contribution in [2.24, 2.45) is 5.92 Å². The van der Waals surface area contributed by atoms with E-state index in [1.54, 1.807) is 17.4 Å². The molecule has 1 aromatic rings. The maximum atomic E-state index is 12.2. The lowest BCUT2D eigenvalue weighted by atomic mass is 10.2. The van der Waals surface area contributed by atoms with Gasteiger partial charge in [-0.3, -0.25) is 19.3 Å². The third kappa shape index (κ3) is 4.20. The molecule has 118 valence electrons. The van der Waals surface area contributed by atoms with Crippen molar-refractivity contribution < 1.29 is 14.4 Å². The van der Waals surface area contributed by atoms with E-state index in [1.165, 1.54) is 0 Å². The molecule has 1 aromatic heterocycles. The normalized spacial score (nSPS) is 16.9. The topological polar surface area (TPSA) is 66.5 Å². The number of aryl methyl sites for hydroxylation is 1. The quantitative estimate of drug-likeness (QED) is 0.839. The van der Waals surface area contributed by atoms with Crippen LogP contribution in [0, 0.1) is 12.8 Å². The van der Waals surface area contributed by atoms with Crippen LogP contribution in [0.2, 0.25) is 0 Å². The van der Waals surface area contributed by atoms with Gasteiger partial charge in [-0.1, -0.05) is 13.8 Å². The van der Waals surface area contributed by atoms with Crippen LogP contribution >= 0.6 is 23.1 Å². The van der Waals surface area contributed by atoms with Crippen molar-refractivity contribution >= 4 is 46.2 Å². The zero-order valence-electron chi connectivity index (χ0n) is 12.7. The number of hydrogen-bond acceptors (Lipinski definition) is 5. The predicted octanol–water partition coefficient (Wildman–Crippen LogP) is 2.87. The third-order valence-electron chi connectivity index (χ3n) is 2.92. The number of thiophene rings is 1. The van der Waals surface area contributed by atoms with E-state index < -0.39 is 11.1 Å². The minimum absolute atomic E-state index is 0.224. The molecule has 0 bridgehead atoms. The smallest absolute Gasteiger partial charge is 0.294 e. The first kappa shape index (κ1) is 16.8. The van der Waals surface area contributed by atoms with Crippen molar-refractivity contribution in [3.8, 4) is 0 Å². The highest BCUT2D eigenvalue weighted by Crippen LogP contribution is 2.33.